The SMILES string of the molecule is O=C1N(CCOc2ccccc2)c2ccccc2[C@]12NN=C(c1ccccc1)S2. The number of anilines is 1. The van der Waals surface area contributed by atoms with Crippen LogP contribution in [0.4, 0.5) is 5.69 Å². The van der Waals surface area contributed by atoms with Gasteiger partial charge in [-0.1, -0.05) is 78.5 Å². The highest BCUT2D eigenvalue weighted by molar-refractivity contribution is 8.16. The van der Waals surface area contributed by atoms with Crippen LogP contribution in [0.15, 0.2) is 90.0 Å². The summed E-state index contributed by atoms with van der Waals surface area (Å²) >= 11 is 1.46. The van der Waals surface area contributed by atoms with E-state index in [9.17, 15) is 4.79 Å². The molecule has 2 heterocycles. The molecule has 29 heavy (non-hydrogen) atoms. The average Bonchev–Trinajstić information content (AvgIpc) is 3.33. The Balaban J connectivity index is 1.38. The van der Waals surface area contributed by atoms with E-state index in [4.69, 9.17) is 4.74 Å². The molecule has 6 heteroatoms. The van der Waals surface area contributed by atoms with Crippen molar-refractivity contribution in [3.8, 4) is 5.75 Å². The Morgan fingerprint density at radius 2 is 1.62 bits per heavy atom. The Morgan fingerprint density at radius 1 is 0.931 bits per heavy atom. The summed E-state index contributed by atoms with van der Waals surface area (Å²) in [7, 11) is 0. The number of fused-ring (bicyclic) bond motifs is 2. The molecule has 0 unspecified atom stereocenters. The quantitative estimate of drug-likeness (QED) is 0.703. The van der Waals surface area contributed by atoms with Gasteiger partial charge in [0.25, 0.3) is 5.91 Å². The lowest BCUT2D eigenvalue weighted by molar-refractivity contribution is -0.121. The zero-order chi connectivity index (χ0) is 19.7. The Hall–Kier alpha value is -3.25. The molecule has 2 aliphatic rings. The fourth-order valence-electron chi connectivity index (χ4n) is 3.65. The van der Waals surface area contributed by atoms with E-state index in [2.05, 4.69) is 10.5 Å². The predicted octanol–water partition coefficient (Wildman–Crippen LogP) is 3.96. The van der Waals surface area contributed by atoms with Crippen LogP contribution in [0.25, 0.3) is 0 Å². The molecule has 5 nitrogen and oxygen atoms in total. The summed E-state index contributed by atoms with van der Waals surface area (Å²) in [5.74, 6) is 0.778. The van der Waals surface area contributed by atoms with E-state index in [1.165, 1.54) is 11.8 Å². The van der Waals surface area contributed by atoms with Crippen molar-refractivity contribution >= 4 is 28.4 Å². The summed E-state index contributed by atoms with van der Waals surface area (Å²) in [4.78, 5) is 14.4. The maximum Gasteiger partial charge on any atom is 0.270 e. The molecular formula is C23H19N3O2S. The number of thioether (sulfide) groups is 1. The molecule has 0 aromatic heterocycles. The molecule has 144 valence electrons. The summed E-state index contributed by atoms with van der Waals surface area (Å²) in [6.45, 7) is 0.882. The highest BCUT2D eigenvalue weighted by Gasteiger charge is 2.55. The van der Waals surface area contributed by atoms with Crippen molar-refractivity contribution in [2.24, 2.45) is 5.10 Å². The van der Waals surface area contributed by atoms with Gasteiger partial charge in [0.1, 0.15) is 17.4 Å². The number of para-hydroxylation sites is 2. The van der Waals surface area contributed by atoms with Crippen molar-refractivity contribution < 1.29 is 9.53 Å². The first-order chi connectivity index (χ1) is 14.3. The Labute approximate surface area is 173 Å². The third-order valence-corrected chi connectivity index (χ3v) is 6.35. The van der Waals surface area contributed by atoms with Crippen LogP contribution < -0.4 is 15.1 Å². The number of amides is 1. The number of nitrogens with one attached hydrogen (secondary N) is 1. The number of nitrogens with zero attached hydrogens (tertiary/aromatic N) is 2. The van der Waals surface area contributed by atoms with Gasteiger partial charge in [0.15, 0.2) is 0 Å². The number of carbonyl (C=O) groups excluding carboxylic acids is 1. The number of hydrogen-bond acceptors (Lipinski definition) is 5. The first kappa shape index (κ1) is 17.8. The molecule has 1 N–H and O–H groups in total. The Bertz CT molecular complexity index is 1070. The highest BCUT2D eigenvalue weighted by Crippen LogP contribution is 2.50. The van der Waals surface area contributed by atoms with E-state index < -0.39 is 4.87 Å². The summed E-state index contributed by atoms with van der Waals surface area (Å²) in [5, 5.41) is 5.32. The third-order valence-electron chi connectivity index (χ3n) is 5.03. The van der Waals surface area contributed by atoms with Crippen molar-refractivity contribution in [3.05, 3.63) is 96.1 Å². The highest BCUT2D eigenvalue weighted by atomic mass is 32.2. The second kappa shape index (κ2) is 7.29. The van der Waals surface area contributed by atoms with Gasteiger partial charge in [-0.25, -0.2) is 0 Å². The smallest absolute Gasteiger partial charge is 0.270 e. The molecular weight excluding hydrogens is 382 g/mol. The number of hydrazone groups is 1. The van der Waals surface area contributed by atoms with Gasteiger partial charge in [-0.2, -0.15) is 5.10 Å². The molecule has 3 aromatic rings. The molecule has 0 fully saturated rings. The fourth-order valence-corrected chi connectivity index (χ4v) is 4.85. The summed E-state index contributed by atoms with van der Waals surface area (Å²) < 4.78 is 5.82. The standard InChI is InChI=1S/C23H19N3O2S/c27-22-23(25-24-21(29-23)17-9-3-1-4-10-17)19-13-7-8-14-20(19)26(22)15-16-28-18-11-5-2-6-12-18/h1-14,25H,15-16H2/t23-/m1/s1. The molecule has 1 atom stereocenters. The Morgan fingerprint density at radius 3 is 2.41 bits per heavy atom. The number of ether oxygens (including phenoxy) is 1. The minimum atomic E-state index is -0.922. The van der Waals surface area contributed by atoms with E-state index in [-0.39, 0.29) is 5.91 Å². The molecule has 0 bridgehead atoms. The van der Waals surface area contributed by atoms with Crippen molar-refractivity contribution in [2.45, 2.75) is 4.87 Å². The Kier molecular flexibility index (Phi) is 4.48. The molecule has 0 aliphatic carbocycles. The van der Waals surface area contributed by atoms with E-state index >= 15 is 0 Å². The minimum Gasteiger partial charge on any atom is -0.492 e. The maximum absolute atomic E-state index is 13.5. The lowest BCUT2D eigenvalue weighted by atomic mass is 10.1. The first-order valence-electron chi connectivity index (χ1n) is 9.46. The van der Waals surface area contributed by atoms with Gasteiger partial charge in [0.05, 0.1) is 12.2 Å². The van der Waals surface area contributed by atoms with Crippen LogP contribution >= 0.6 is 11.8 Å². The van der Waals surface area contributed by atoms with Gasteiger partial charge in [-0.15, -0.1) is 0 Å². The van der Waals surface area contributed by atoms with Crippen LogP contribution in [0.2, 0.25) is 0 Å². The zero-order valence-electron chi connectivity index (χ0n) is 15.6. The van der Waals surface area contributed by atoms with Gasteiger partial charge in [-0.05, 0) is 18.2 Å². The minimum absolute atomic E-state index is 0.0185. The monoisotopic (exact) mass is 401 g/mol. The van der Waals surface area contributed by atoms with E-state index in [1.54, 1.807) is 4.90 Å². The zero-order valence-corrected chi connectivity index (χ0v) is 16.4. The van der Waals surface area contributed by atoms with Crippen LogP contribution in [0.5, 0.6) is 5.75 Å². The third kappa shape index (κ3) is 3.06. The topological polar surface area (TPSA) is 53.9 Å². The van der Waals surface area contributed by atoms with Crippen molar-refractivity contribution in [2.75, 3.05) is 18.1 Å². The maximum atomic E-state index is 13.5. The van der Waals surface area contributed by atoms with Gasteiger partial charge >= 0.3 is 0 Å². The van der Waals surface area contributed by atoms with Gasteiger partial charge in [0, 0.05) is 11.1 Å². The fraction of sp³-hybridized carbons (Fsp3) is 0.130. The number of rotatable bonds is 5. The van der Waals surface area contributed by atoms with Crippen molar-refractivity contribution in [1.29, 1.82) is 0 Å². The van der Waals surface area contributed by atoms with Gasteiger partial charge in [-0.3, -0.25) is 10.2 Å². The summed E-state index contributed by atoms with van der Waals surface area (Å²) in [5.41, 5.74) is 5.98. The molecule has 5 rings (SSSR count). The molecule has 3 aromatic carbocycles. The number of carbonyl (C=O) groups is 1. The average molecular weight is 401 g/mol. The van der Waals surface area contributed by atoms with Crippen LogP contribution in [-0.4, -0.2) is 24.1 Å². The second-order valence-electron chi connectivity index (χ2n) is 6.81. The van der Waals surface area contributed by atoms with Crippen molar-refractivity contribution in [1.82, 2.24) is 5.43 Å². The second-order valence-corrected chi connectivity index (χ2v) is 8.02. The largest absolute Gasteiger partial charge is 0.492 e. The van der Waals surface area contributed by atoms with E-state index in [0.29, 0.717) is 13.2 Å². The first-order valence-corrected chi connectivity index (χ1v) is 10.3. The lowest BCUT2D eigenvalue weighted by Gasteiger charge is -2.22. The molecule has 1 amide bonds. The lowest BCUT2D eigenvalue weighted by Crippen LogP contribution is -2.45. The van der Waals surface area contributed by atoms with E-state index in [0.717, 1.165) is 27.6 Å². The summed E-state index contributed by atoms with van der Waals surface area (Å²) in [6, 6.07) is 27.4. The van der Waals surface area contributed by atoms with Crippen LogP contribution in [0.1, 0.15) is 11.1 Å². The number of benzene rings is 3. The molecule has 2 aliphatic heterocycles. The summed E-state index contributed by atoms with van der Waals surface area (Å²) in [6.07, 6.45) is 0. The normalized spacial score (nSPS) is 19.8. The van der Waals surface area contributed by atoms with Crippen molar-refractivity contribution in [3.63, 3.8) is 0 Å². The molecule has 0 saturated carbocycles. The van der Waals surface area contributed by atoms with Crippen LogP contribution in [-0.2, 0) is 9.67 Å². The van der Waals surface area contributed by atoms with Gasteiger partial charge < -0.3 is 9.64 Å². The van der Waals surface area contributed by atoms with Gasteiger partial charge in [0.2, 0.25) is 4.87 Å². The van der Waals surface area contributed by atoms with E-state index in [1.807, 2.05) is 84.9 Å². The molecule has 0 radical (unpaired) electrons. The molecule has 0 saturated heterocycles. The molecule has 1 spiro atoms. The number of hydrogen-bond donors (Lipinski definition) is 1. The van der Waals surface area contributed by atoms with Crippen LogP contribution in [0.3, 0.4) is 0 Å². The predicted molar refractivity (Wildman–Crippen MR) is 116 cm³/mol. The van der Waals surface area contributed by atoms with Crippen LogP contribution in [0, 0.1) is 0 Å².